The van der Waals surface area contributed by atoms with E-state index in [9.17, 15) is 4.79 Å². The zero-order valence-electron chi connectivity index (χ0n) is 11.9. The van der Waals surface area contributed by atoms with Crippen LogP contribution in [-0.4, -0.2) is 11.5 Å². The highest BCUT2D eigenvalue weighted by Gasteiger charge is 2.25. The number of benzene rings is 2. The van der Waals surface area contributed by atoms with Gasteiger partial charge in [-0.25, -0.2) is 0 Å². The number of rotatable bonds is 3. The molecule has 3 heteroatoms. The van der Waals surface area contributed by atoms with Crippen molar-refractivity contribution in [1.29, 1.82) is 5.26 Å². The average molecular weight is 286 g/mol. The van der Waals surface area contributed by atoms with Crippen LogP contribution in [0.5, 0.6) is 0 Å². The lowest BCUT2D eigenvalue weighted by molar-refractivity contribution is -0.113. The predicted octanol–water partition coefficient (Wildman–Crippen LogP) is 3.42. The molecule has 22 heavy (non-hydrogen) atoms. The van der Waals surface area contributed by atoms with Gasteiger partial charge in [-0.1, -0.05) is 48.5 Å². The van der Waals surface area contributed by atoms with Gasteiger partial charge >= 0.3 is 0 Å². The third-order valence-corrected chi connectivity index (χ3v) is 3.67. The number of carbonyl (C=O) groups excluding carboxylic acids is 1. The van der Waals surface area contributed by atoms with Crippen molar-refractivity contribution in [2.24, 2.45) is 4.99 Å². The number of aliphatic imine (C=N–C) groups is 1. The Hall–Kier alpha value is -2.99. The minimum absolute atomic E-state index is 0.00134. The van der Waals surface area contributed by atoms with E-state index in [-0.39, 0.29) is 11.7 Å². The van der Waals surface area contributed by atoms with Crippen LogP contribution < -0.4 is 0 Å². The first-order chi connectivity index (χ1) is 10.8. The molecule has 2 aromatic rings. The van der Waals surface area contributed by atoms with Gasteiger partial charge in [-0.2, -0.15) is 5.26 Å². The summed E-state index contributed by atoms with van der Waals surface area (Å²) in [5.74, 6) is -0.356. The van der Waals surface area contributed by atoms with E-state index < -0.39 is 0 Å². The Morgan fingerprint density at radius 3 is 2.68 bits per heavy atom. The normalized spacial score (nSPS) is 17.0. The fraction of sp³-hybridized carbons (Fsp3) is 0.105. The molecule has 3 nitrogen and oxygen atoms in total. The van der Waals surface area contributed by atoms with Gasteiger partial charge in [0.2, 0.25) is 0 Å². The maximum atomic E-state index is 12.7. The van der Waals surface area contributed by atoms with Gasteiger partial charge in [0.25, 0.3) is 0 Å². The van der Waals surface area contributed by atoms with Crippen molar-refractivity contribution in [3.63, 3.8) is 0 Å². The van der Waals surface area contributed by atoms with E-state index in [2.05, 4.69) is 11.1 Å². The number of Topliss-reactive ketones (excluding diaryl/α,β-unsaturated/α-hetero) is 1. The lowest BCUT2D eigenvalue weighted by Gasteiger charge is -2.17. The van der Waals surface area contributed by atoms with E-state index in [4.69, 9.17) is 5.26 Å². The van der Waals surface area contributed by atoms with Gasteiger partial charge in [0, 0.05) is 12.6 Å². The Morgan fingerprint density at radius 1 is 1.09 bits per heavy atom. The van der Waals surface area contributed by atoms with Crippen LogP contribution in [0.4, 0.5) is 0 Å². The number of ketones is 1. The fourth-order valence-corrected chi connectivity index (χ4v) is 2.54. The summed E-state index contributed by atoms with van der Waals surface area (Å²) in [6.45, 7) is 0. The van der Waals surface area contributed by atoms with Crippen LogP contribution in [0.25, 0.3) is 0 Å². The zero-order valence-corrected chi connectivity index (χ0v) is 11.9. The number of hydrogen-bond donors (Lipinski definition) is 0. The summed E-state index contributed by atoms with van der Waals surface area (Å²) >= 11 is 0. The maximum Gasteiger partial charge on any atom is 0.188 e. The van der Waals surface area contributed by atoms with Crippen LogP contribution in [0.2, 0.25) is 0 Å². The van der Waals surface area contributed by atoms with Crippen molar-refractivity contribution in [3.8, 4) is 6.07 Å². The number of allylic oxidation sites excluding steroid dienone is 1. The molecule has 1 aliphatic rings. The standard InChI is InChI=1S/C19H14N2O/c20-13-15-7-4-8-16(11-15)17-9-10-21-18(19(17)22)12-14-5-2-1-3-6-14/h1-11,17H,12H2. The monoisotopic (exact) mass is 286 g/mol. The minimum Gasteiger partial charge on any atom is -0.292 e. The Morgan fingerprint density at radius 2 is 1.91 bits per heavy atom. The van der Waals surface area contributed by atoms with Gasteiger partial charge in [-0.3, -0.25) is 9.79 Å². The minimum atomic E-state index is -0.357. The zero-order chi connectivity index (χ0) is 15.4. The SMILES string of the molecule is N#Cc1cccc(C2C=CN=C(Cc3ccccc3)C2=O)c1. The smallest absolute Gasteiger partial charge is 0.188 e. The highest BCUT2D eigenvalue weighted by molar-refractivity contribution is 6.43. The van der Waals surface area contributed by atoms with Crippen LogP contribution >= 0.6 is 0 Å². The first-order valence-corrected chi connectivity index (χ1v) is 7.09. The van der Waals surface area contributed by atoms with E-state index in [1.165, 1.54) is 0 Å². The van der Waals surface area contributed by atoms with Crippen molar-refractivity contribution in [1.82, 2.24) is 0 Å². The first kappa shape index (κ1) is 14.0. The summed E-state index contributed by atoms with van der Waals surface area (Å²) in [6.07, 6.45) is 4.00. The van der Waals surface area contributed by atoms with Gasteiger partial charge < -0.3 is 0 Å². The number of carbonyl (C=O) groups is 1. The first-order valence-electron chi connectivity index (χ1n) is 7.09. The molecule has 0 saturated heterocycles. The Bertz CT molecular complexity index is 798. The van der Waals surface area contributed by atoms with Crippen molar-refractivity contribution in [2.45, 2.75) is 12.3 Å². The van der Waals surface area contributed by atoms with Crippen LogP contribution in [0, 0.1) is 11.3 Å². The molecule has 1 aliphatic heterocycles. The summed E-state index contributed by atoms with van der Waals surface area (Å²) in [5.41, 5.74) is 3.02. The second-order valence-electron chi connectivity index (χ2n) is 5.16. The molecule has 0 saturated carbocycles. The maximum absolute atomic E-state index is 12.7. The summed E-state index contributed by atoms with van der Waals surface area (Å²) < 4.78 is 0. The average Bonchev–Trinajstić information content (AvgIpc) is 2.58. The summed E-state index contributed by atoms with van der Waals surface area (Å²) in [6, 6.07) is 19.1. The molecule has 3 rings (SSSR count). The molecule has 0 aliphatic carbocycles. The highest BCUT2D eigenvalue weighted by Crippen LogP contribution is 2.24. The molecule has 0 amide bonds. The number of nitriles is 1. The van der Waals surface area contributed by atoms with Crippen LogP contribution in [0.1, 0.15) is 22.6 Å². The largest absolute Gasteiger partial charge is 0.292 e. The lowest BCUT2D eigenvalue weighted by Crippen LogP contribution is -2.25. The predicted molar refractivity (Wildman–Crippen MR) is 85.6 cm³/mol. The molecule has 0 spiro atoms. The van der Waals surface area contributed by atoms with E-state index in [1.54, 1.807) is 30.5 Å². The molecule has 0 aromatic heterocycles. The van der Waals surface area contributed by atoms with Crippen LogP contribution in [0.15, 0.2) is 71.9 Å². The topological polar surface area (TPSA) is 53.2 Å². The van der Waals surface area contributed by atoms with Gasteiger partial charge in [0.15, 0.2) is 5.78 Å². The molecule has 0 fully saturated rings. The van der Waals surface area contributed by atoms with Gasteiger partial charge in [-0.05, 0) is 23.3 Å². The highest BCUT2D eigenvalue weighted by atomic mass is 16.1. The van der Waals surface area contributed by atoms with Crippen molar-refractivity contribution >= 4 is 11.5 Å². The van der Waals surface area contributed by atoms with Crippen molar-refractivity contribution < 1.29 is 4.79 Å². The molecule has 1 heterocycles. The molecule has 0 bridgehead atoms. The summed E-state index contributed by atoms with van der Waals surface area (Å²) in [4.78, 5) is 16.9. The third-order valence-electron chi connectivity index (χ3n) is 3.67. The third kappa shape index (κ3) is 2.87. The van der Waals surface area contributed by atoms with Gasteiger partial charge in [0.1, 0.15) is 0 Å². The second-order valence-corrected chi connectivity index (χ2v) is 5.16. The Balaban J connectivity index is 1.85. The second kappa shape index (κ2) is 6.19. The number of nitrogens with zero attached hydrogens (tertiary/aromatic N) is 2. The molecule has 0 radical (unpaired) electrons. The fourth-order valence-electron chi connectivity index (χ4n) is 2.54. The van der Waals surface area contributed by atoms with Crippen LogP contribution in [-0.2, 0) is 11.2 Å². The molecular formula is C19H14N2O. The molecule has 0 N–H and O–H groups in total. The molecule has 1 atom stereocenters. The van der Waals surface area contributed by atoms with E-state index in [0.717, 1.165) is 11.1 Å². The molecule has 2 aromatic carbocycles. The Kier molecular flexibility index (Phi) is 3.93. The molecule has 1 unspecified atom stereocenters. The Labute approximate surface area is 129 Å². The summed E-state index contributed by atoms with van der Waals surface area (Å²) in [7, 11) is 0. The molecule has 106 valence electrons. The van der Waals surface area contributed by atoms with Gasteiger partial charge in [0.05, 0.1) is 23.3 Å². The molecular weight excluding hydrogens is 272 g/mol. The van der Waals surface area contributed by atoms with Gasteiger partial charge in [-0.15, -0.1) is 0 Å². The van der Waals surface area contributed by atoms with Crippen molar-refractivity contribution in [3.05, 3.63) is 83.6 Å². The van der Waals surface area contributed by atoms with E-state index in [0.29, 0.717) is 17.7 Å². The quantitative estimate of drug-likeness (QED) is 0.868. The van der Waals surface area contributed by atoms with Crippen LogP contribution in [0.3, 0.4) is 0 Å². The number of hydrogen-bond acceptors (Lipinski definition) is 3. The van der Waals surface area contributed by atoms with Crippen molar-refractivity contribution in [2.75, 3.05) is 0 Å². The van der Waals surface area contributed by atoms with E-state index >= 15 is 0 Å². The lowest BCUT2D eigenvalue weighted by atomic mass is 9.88. The summed E-state index contributed by atoms with van der Waals surface area (Å²) in [5, 5.41) is 9.00. The van der Waals surface area contributed by atoms with E-state index in [1.807, 2.05) is 36.4 Å².